The summed E-state index contributed by atoms with van der Waals surface area (Å²) in [5.41, 5.74) is 3.54. The third kappa shape index (κ3) is 4.76. The van der Waals surface area contributed by atoms with Crippen LogP contribution in [-0.2, 0) is 10.0 Å². The van der Waals surface area contributed by atoms with E-state index in [4.69, 9.17) is 9.47 Å². The van der Waals surface area contributed by atoms with Crippen LogP contribution in [-0.4, -0.2) is 66.7 Å². The molecular weight excluding hydrogens is 378 g/mol. The normalized spacial score (nSPS) is 14.8. The lowest BCUT2D eigenvalue weighted by Crippen LogP contribution is -2.31. The van der Waals surface area contributed by atoms with Gasteiger partial charge < -0.3 is 19.3 Å². The molecule has 0 saturated heterocycles. The molecule has 0 unspecified atom stereocenters. The Morgan fingerprint density at radius 3 is 2.36 bits per heavy atom. The fourth-order valence-corrected chi connectivity index (χ4v) is 4.04. The number of likely N-dealkylation sites (N-methyl/N-ethyl adjacent to an activating group) is 2. The van der Waals surface area contributed by atoms with E-state index in [1.165, 1.54) is 20.3 Å². The molecule has 8 heteroatoms. The first-order chi connectivity index (χ1) is 13.1. The van der Waals surface area contributed by atoms with Crippen molar-refractivity contribution in [3.63, 3.8) is 0 Å². The molecule has 0 amide bonds. The summed E-state index contributed by atoms with van der Waals surface area (Å²) in [5, 5.41) is 0. The second-order valence-electron chi connectivity index (χ2n) is 6.87. The van der Waals surface area contributed by atoms with Crippen molar-refractivity contribution in [2.75, 3.05) is 48.5 Å². The Bertz CT molecular complexity index is 918. The molecule has 0 fully saturated rings. The number of rotatable bonds is 8. The van der Waals surface area contributed by atoms with Gasteiger partial charge in [0.15, 0.2) is 0 Å². The largest absolute Gasteiger partial charge is 0.496 e. The van der Waals surface area contributed by atoms with E-state index in [2.05, 4.69) is 11.3 Å². The first-order valence-electron chi connectivity index (χ1n) is 8.83. The van der Waals surface area contributed by atoms with Gasteiger partial charge in [0.1, 0.15) is 16.4 Å². The molecule has 0 radical (unpaired) electrons. The predicted molar refractivity (Wildman–Crippen MR) is 112 cm³/mol. The first-order valence-corrected chi connectivity index (χ1v) is 10.3. The van der Waals surface area contributed by atoms with Gasteiger partial charge >= 0.3 is 0 Å². The van der Waals surface area contributed by atoms with Crippen LogP contribution >= 0.6 is 0 Å². The lowest BCUT2D eigenvalue weighted by atomic mass is 9.99. The molecule has 0 spiro atoms. The van der Waals surface area contributed by atoms with E-state index in [1.54, 1.807) is 6.07 Å². The molecule has 0 atom stereocenters. The standard InChI is InChI=1S/C20H29N3O4S/c1-14-10-16(13-23(5)15(14)2)17-11-19(27-7)20(12-18(17)26-6)28(24,25)21-8-9-22(3)4/h10-13,21H,2,8-9H2,1,3-7H3. The molecule has 7 nitrogen and oxygen atoms in total. The number of ether oxygens (including phenoxy) is 2. The maximum atomic E-state index is 12.8. The van der Waals surface area contributed by atoms with Crippen molar-refractivity contribution in [2.45, 2.75) is 11.8 Å². The minimum Gasteiger partial charge on any atom is -0.496 e. The Kier molecular flexibility index (Phi) is 6.92. The lowest BCUT2D eigenvalue weighted by molar-refractivity contribution is 0.390. The average molecular weight is 408 g/mol. The van der Waals surface area contributed by atoms with Crippen LogP contribution in [0.1, 0.15) is 12.5 Å². The molecule has 1 aromatic carbocycles. The number of allylic oxidation sites excluding steroid dienone is 3. The van der Waals surface area contributed by atoms with Gasteiger partial charge in [-0.3, -0.25) is 0 Å². The molecule has 0 bridgehead atoms. The Hall–Kier alpha value is -2.29. The highest BCUT2D eigenvalue weighted by molar-refractivity contribution is 7.89. The van der Waals surface area contributed by atoms with Gasteiger partial charge in [-0.1, -0.05) is 6.58 Å². The molecule has 154 valence electrons. The topological polar surface area (TPSA) is 71.1 Å². The summed E-state index contributed by atoms with van der Waals surface area (Å²) in [5.74, 6) is 0.706. The summed E-state index contributed by atoms with van der Waals surface area (Å²) in [7, 11) is 4.89. The van der Waals surface area contributed by atoms with Gasteiger partial charge in [0.2, 0.25) is 10.0 Å². The second-order valence-corrected chi connectivity index (χ2v) is 8.61. The van der Waals surface area contributed by atoms with E-state index in [0.29, 0.717) is 18.8 Å². The summed E-state index contributed by atoms with van der Waals surface area (Å²) >= 11 is 0. The molecule has 1 aromatic rings. The van der Waals surface area contributed by atoms with E-state index >= 15 is 0 Å². The number of sulfonamides is 1. The van der Waals surface area contributed by atoms with E-state index in [1.807, 2.05) is 50.1 Å². The van der Waals surface area contributed by atoms with Gasteiger partial charge in [-0.2, -0.15) is 0 Å². The molecule has 1 heterocycles. The van der Waals surface area contributed by atoms with Gasteiger partial charge in [0.25, 0.3) is 0 Å². The van der Waals surface area contributed by atoms with Gasteiger partial charge in [-0.25, -0.2) is 13.1 Å². The van der Waals surface area contributed by atoms with Crippen molar-refractivity contribution in [1.29, 1.82) is 0 Å². The first kappa shape index (κ1) is 22.0. The van der Waals surface area contributed by atoms with Crippen molar-refractivity contribution in [3.05, 3.63) is 47.8 Å². The maximum Gasteiger partial charge on any atom is 0.244 e. The Labute approximate surface area is 168 Å². The monoisotopic (exact) mass is 407 g/mol. The number of hydrogen-bond acceptors (Lipinski definition) is 6. The number of nitrogens with one attached hydrogen (secondary N) is 1. The van der Waals surface area contributed by atoms with Gasteiger partial charge in [-0.05, 0) is 38.7 Å². The average Bonchev–Trinajstić information content (AvgIpc) is 2.64. The molecule has 28 heavy (non-hydrogen) atoms. The van der Waals surface area contributed by atoms with E-state index < -0.39 is 10.0 Å². The fraction of sp³-hybridized carbons (Fsp3) is 0.400. The van der Waals surface area contributed by atoms with Crippen LogP contribution in [0.15, 0.2) is 47.2 Å². The predicted octanol–water partition coefficient (Wildman–Crippen LogP) is 2.29. The maximum absolute atomic E-state index is 12.8. The molecular formula is C20H29N3O4S. The summed E-state index contributed by atoms with van der Waals surface area (Å²) in [6.45, 7) is 6.89. The summed E-state index contributed by atoms with van der Waals surface area (Å²) < 4.78 is 39.1. The van der Waals surface area contributed by atoms with Crippen LogP contribution in [0.4, 0.5) is 0 Å². The quantitative estimate of drug-likeness (QED) is 0.713. The van der Waals surface area contributed by atoms with Gasteiger partial charge in [0, 0.05) is 49.2 Å². The van der Waals surface area contributed by atoms with E-state index in [9.17, 15) is 8.42 Å². The molecule has 0 aromatic heterocycles. The third-order valence-corrected chi connectivity index (χ3v) is 6.01. The molecule has 0 saturated carbocycles. The fourth-order valence-electron chi connectivity index (χ4n) is 2.85. The lowest BCUT2D eigenvalue weighted by Gasteiger charge is -2.25. The highest BCUT2D eigenvalue weighted by Crippen LogP contribution is 2.38. The van der Waals surface area contributed by atoms with Crippen LogP contribution in [0.5, 0.6) is 11.5 Å². The van der Waals surface area contributed by atoms with Crippen LogP contribution in [0.25, 0.3) is 5.57 Å². The second kappa shape index (κ2) is 8.81. The Morgan fingerprint density at radius 2 is 1.82 bits per heavy atom. The Balaban J connectivity index is 2.50. The van der Waals surface area contributed by atoms with Crippen molar-refractivity contribution in [3.8, 4) is 11.5 Å². The van der Waals surface area contributed by atoms with E-state index in [0.717, 1.165) is 22.4 Å². The van der Waals surface area contributed by atoms with Crippen LogP contribution in [0, 0.1) is 0 Å². The molecule has 1 N–H and O–H groups in total. The highest BCUT2D eigenvalue weighted by atomic mass is 32.2. The van der Waals surface area contributed by atoms with Crippen LogP contribution in [0.2, 0.25) is 0 Å². The molecule has 1 aliphatic rings. The minimum atomic E-state index is -3.75. The highest BCUT2D eigenvalue weighted by Gasteiger charge is 2.24. The van der Waals surface area contributed by atoms with Crippen molar-refractivity contribution in [1.82, 2.24) is 14.5 Å². The van der Waals surface area contributed by atoms with Crippen molar-refractivity contribution >= 4 is 15.6 Å². The van der Waals surface area contributed by atoms with Crippen LogP contribution < -0.4 is 14.2 Å². The number of hydrogen-bond donors (Lipinski definition) is 1. The third-order valence-electron chi connectivity index (χ3n) is 4.52. The smallest absolute Gasteiger partial charge is 0.244 e. The van der Waals surface area contributed by atoms with Gasteiger partial charge in [0.05, 0.1) is 14.2 Å². The summed E-state index contributed by atoms with van der Waals surface area (Å²) in [6.07, 6.45) is 3.92. The van der Waals surface area contributed by atoms with Crippen LogP contribution in [0.3, 0.4) is 0 Å². The zero-order valence-corrected chi connectivity index (χ0v) is 18.2. The van der Waals surface area contributed by atoms with Gasteiger partial charge in [-0.15, -0.1) is 0 Å². The number of methoxy groups -OCH3 is 2. The minimum absolute atomic E-state index is 0.0456. The Morgan fingerprint density at radius 1 is 1.18 bits per heavy atom. The van der Waals surface area contributed by atoms with Crippen molar-refractivity contribution in [2.24, 2.45) is 0 Å². The number of benzene rings is 1. The molecule has 1 aliphatic heterocycles. The summed E-state index contributed by atoms with van der Waals surface area (Å²) in [6, 6.07) is 3.19. The number of nitrogens with zero attached hydrogens (tertiary/aromatic N) is 2. The SMILES string of the molecule is C=C1C(C)=CC(c2cc(OC)c(S(=O)(=O)NCCN(C)C)cc2OC)=CN1C. The van der Waals surface area contributed by atoms with E-state index in [-0.39, 0.29) is 10.6 Å². The summed E-state index contributed by atoms with van der Waals surface area (Å²) in [4.78, 5) is 3.87. The molecule has 0 aliphatic carbocycles. The molecule has 2 rings (SSSR count). The zero-order chi connectivity index (χ0) is 21.1. The van der Waals surface area contributed by atoms with Crippen molar-refractivity contribution < 1.29 is 17.9 Å². The zero-order valence-electron chi connectivity index (χ0n) is 17.4.